The van der Waals surface area contributed by atoms with Crippen LogP contribution in [-0.2, 0) is 13.1 Å². The molecule has 4 nitrogen and oxygen atoms in total. The molecule has 0 saturated heterocycles. The van der Waals surface area contributed by atoms with Gasteiger partial charge in [0.25, 0.3) is 5.56 Å². The molecule has 0 saturated carbocycles. The summed E-state index contributed by atoms with van der Waals surface area (Å²) in [4.78, 5) is 19.7. The predicted molar refractivity (Wildman–Crippen MR) is 116 cm³/mol. The van der Waals surface area contributed by atoms with E-state index in [1.165, 1.54) is 11.1 Å². The van der Waals surface area contributed by atoms with E-state index in [1.54, 1.807) is 16.7 Å². The Balaban J connectivity index is 1.85. The second-order valence-corrected chi connectivity index (χ2v) is 8.43. The molecule has 28 heavy (non-hydrogen) atoms. The molecule has 4 heteroatoms. The van der Waals surface area contributed by atoms with Crippen molar-refractivity contribution >= 4 is 5.65 Å². The highest BCUT2D eigenvalue weighted by Crippen LogP contribution is 2.17. The van der Waals surface area contributed by atoms with Crippen LogP contribution in [0.1, 0.15) is 56.0 Å². The largest absolute Gasteiger partial charge is 0.293 e. The molecular weight excluding hydrogens is 346 g/mol. The maximum Gasteiger partial charge on any atom is 0.258 e. The van der Waals surface area contributed by atoms with Crippen molar-refractivity contribution in [2.45, 2.75) is 53.6 Å². The average Bonchev–Trinajstić information content (AvgIpc) is 2.62. The second kappa shape index (κ2) is 8.70. The van der Waals surface area contributed by atoms with E-state index in [1.807, 2.05) is 19.1 Å². The monoisotopic (exact) mass is 377 g/mol. The summed E-state index contributed by atoms with van der Waals surface area (Å²) >= 11 is 0. The normalized spacial score (nSPS) is 11.9. The van der Waals surface area contributed by atoms with E-state index in [9.17, 15) is 4.79 Å². The highest BCUT2D eigenvalue weighted by Gasteiger charge is 2.13. The molecule has 0 N–H and O–H groups in total. The summed E-state index contributed by atoms with van der Waals surface area (Å²) < 4.78 is 1.62. The van der Waals surface area contributed by atoms with Crippen LogP contribution in [0.5, 0.6) is 0 Å². The fraction of sp³-hybridized carbons (Fsp3) is 0.417. The third-order valence-electron chi connectivity index (χ3n) is 5.00. The number of hydrogen-bond acceptors (Lipinski definition) is 3. The van der Waals surface area contributed by atoms with Crippen molar-refractivity contribution in [3.05, 3.63) is 81.4 Å². The molecule has 0 atom stereocenters. The van der Waals surface area contributed by atoms with Gasteiger partial charge in [-0.15, -0.1) is 0 Å². The van der Waals surface area contributed by atoms with Crippen LogP contribution in [0.3, 0.4) is 0 Å². The number of pyridine rings is 1. The summed E-state index contributed by atoms with van der Waals surface area (Å²) in [6.45, 7) is 13.4. The van der Waals surface area contributed by atoms with Crippen LogP contribution < -0.4 is 5.56 Å². The van der Waals surface area contributed by atoms with E-state index in [2.05, 4.69) is 56.9 Å². The first-order chi connectivity index (χ1) is 13.3. The minimum atomic E-state index is -0.0190. The van der Waals surface area contributed by atoms with Gasteiger partial charge in [-0.25, -0.2) is 4.98 Å². The number of benzene rings is 1. The van der Waals surface area contributed by atoms with E-state index in [4.69, 9.17) is 4.98 Å². The van der Waals surface area contributed by atoms with E-state index in [0.717, 1.165) is 30.0 Å². The van der Waals surface area contributed by atoms with Gasteiger partial charge in [-0.2, -0.15) is 0 Å². The van der Waals surface area contributed by atoms with Gasteiger partial charge in [-0.05, 0) is 41.5 Å². The van der Waals surface area contributed by atoms with Gasteiger partial charge in [0.1, 0.15) is 5.65 Å². The predicted octanol–water partition coefficient (Wildman–Crippen LogP) is 4.78. The van der Waals surface area contributed by atoms with Crippen LogP contribution >= 0.6 is 0 Å². The van der Waals surface area contributed by atoms with Crippen molar-refractivity contribution in [2.75, 3.05) is 6.54 Å². The third kappa shape index (κ3) is 4.87. The molecule has 0 unspecified atom stereocenters. The van der Waals surface area contributed by atoms with Crippen LogP contribution in [0.2, 0.25) is 0 Å². The van der Waals surface area contributed by atoms with Gasteiger partial charge >= 0.3 is 0 Å². The molecule has 0 aliphatic carbocycles. The second-order valence-electron chi connectivity index (χ2n) is 8.43. The summed E-state index contributed by atoms with van der Waals surface area (Å²) in [7, 11) is 0. The molecular formula is C24H31N3O. The van der Waals surface area contributed by atoms with Crippen molar-refractivity contribution in [3.63, 3.8) is 0 Å². The van der Waals surface area contributed by atoms with Crippen LogP contribution in [-0.4, -0.2) is 20.8 Å². The van der Waals surface area contributed by atoms with Gasteiger partial charge in [0.2, 0.25) is 0 Å². The number of aromatic nitrogens is 2. The summed E-state index contributed by atoms with van der Waals surface area (Å²) in [5.41, 5.74) is 5.22. The Morgan fingerprint density at radius 2 is 1.75 bits per heavy atom. The van der Waals surface area contributed by atoms with Gasteiger partial charge in [0, 0.05) is 31.9 Å². The zero-order chi connectivity index (χ0) is 20.3. The molecule has 0 spiro atoms. The standard InChI is InChI=1S/C24H31N3O/c1-17(2)14-26(15-20-8-10-21(11-9-20)18(3)4)16-22-13-23(28)27-12-6-7-19(5)24(27)25-22/h6-13,17-18H,14-16H2,1-5H3. The minimum absolute atomic E-state index is 0.0190. The molecule has 0 radical (unpaired) electrons. The van der Waals surface area contributed by atoms with Crippen molar-refractivity contribution < 1.29 is 0 Å². The van der Waals surface area contributed by atoms with E-state index >= 15 is 0 Å². The van der Waals surface area contributed by atoms with Gasteiger partial charge in [-0.3, -0.25) is 14.1 Å². The number of nitrogens with zero attached hydrogens (tertiary/aromatic N) is 3. The van der Waals surface area contributed by atoms with Crippen LogP contribution in [0.4, 0.5) is 0 Å². The Morgan fingerprint density at radius 1 is 1.04 bits per heavy atom. The molecule has 2 aromatic heterocycles. The van der Waals surface area contributed by atoms with E-state index < -0.39 is 0 Å². The first-order valence-electron chi connectivity index (χ1n) is 10.1. The molecule has 0 fully saturated rings. The highest BCUT2D eigenvalue weighted by molar-refractivity contribution is 5.46. The molecule has 3 aromatic rings. The topological polar surface area (TPSA) is 37.6 Å². The van der Waals surface area contributed by atoms with E-state index in [-0.39, 0.29) is 5.56 Å². The maximum atomic E-state index is 12.5. The van der Waals surface area contributed by atoms with Crippen LogP contribution in [0, 0.1) is 12.8 Å². The maximum absolute atomic E-state index is 12.5. The Labute approximate surface area is 167 Å². The molecule has 0 aliphatic rings. The molecule has 1 aromatic carbocycles. The Bertz CT molecular complexity index is 987. The van der Waals surface area contributed by atoms with Crippen molar-refractivity contribution in [1.82, 2.24) is 14.3 Å². The lowest BCUT2D eigenvalue weighted by Gasteiger charge is -2.24. The lowest BCUT2D eigenvalue weighted by molar-refractivity contribution is 0.225. The summed E-state index contributed by atoms with van der Waals surface area (Å²) in [6.07, 6.45) is 1.78. The molecule has 148 valence electrons. The van der Waals surface area contributed by atoms with Crippen molar-refractivity contribution in [1.29, 1.82) is 0 Å². The lowest BCUT2D eigenvalue weighted by Crippen LogP contribution is -2.28. The Kier molecular flexibility index (Phi) is 6.30. The molecule has 0 bridgehead atoms. The molecule has 0 aliphatic heterocycles. The van der Waals surface area contributed by atoms with Gasteiger partial charge < -0.3 is 0 Å². The van der Waals surface area contributed by atoms with E-state index in [0.29, 0.717) is 18.4 Å². The number of fused-ring (bicyclic) bond motifs is 1. The SMILES string of the molecule is Cc1cccn2c(=O)cc(CN(Cc3ccc(C(C)C)cc3)CC(C)C)nc12. The van der Waals surface area contributed by atoms with Crippen LogP contribution in [0.15, 0.2) is 53.5 Å². The summed E-state index contributed by atoms with van der Waals surface area (Å²) in [5, 5.41) is 0. The third-order valence-corrected chi connectivity index (χ3v) is 5.00. The van der Waals surface area contributed by atoms with Crippen molar-refractivity contribution in [2.24, 2.45) is 5.92 Å². The molecule has 2 heterocycles. The van der Waals surface area contributed by atoms with Gasteiger partial charge in [0.15, 0.2) is 0 Å². The summed E-state index contributed by atoms with van der Waals surface area (Å²) in [5.74, 6) is 1.08. The highest BCUT2D eigenvalue weighted by atomic mass is 16.1. The average molecular weight is 378 g/mol. The fourth-order valence-corrected chi connectivity index (χ4v) is 3.59. The zero-order valence-corrected chi connectivity index (χ0v) is 17.6. The molecule has 3 rings (SSSR count). The number of aryl methyl sites for hydroxylation is 1. The molecule has 0 amide bonds. The Hall–Kier alpha value is -2.46. The lowest BCUT2D eigenvalue weighted by atomic mass is 10.0. The van der Waals surface area contributed by atoms with Gasteiger partial charge in [-0.1, -0.05) is 58.0 Å². The van der Waals surface area contributed by atoms with Crippen molar-refractivity contribution in [3.8, 4) is 0 Å². The first kappa shape index (κ1) is 20.3. The minimum Gasteiger partial charge on any atom is -0.293 e. The Morgan fingerprint density at radius 3 is 2.39 bits per heavy atom. The zero-order valence-electron chi connectivity index (χ0n) is 17.6. The quantitative estimate of drug-likeness (QED) is 0.594. The fourth-order valence-electron chi connectivity index (χ4n) is 3.59. The smallest absolute Gasteiger partial charge is 0.258 e. The summed E-state index contributed by atoms with van der Waals surface area (Å²) in [6, 6.07) is 14.4. The first-order valence-corrected chi connectivity index (χ1v) is 10.1. The van der Waals surface area contributed by atoms with Crippen LogP contribution in [0.25, 0.3) is 5.65 Å². The van der Waals surface area contributed by atoms with Gasteiger partial charge in [0.05, 0.1) is 5.69 Å². The number of hydrogen-bond donors (Lipinski definition) is 0. The number of rotatable bonds is 7.